The van der Waals surface area contributed by atoms with Gasteiger partial charge in [0.25, 0.3) is 5.91 Å². The van der Waals surface area contributed by atoms with Gasteiger partial charge in [-0.2, -0.15) is 0 Å². The molecule has 7 heteroatoms. The molecule has 2 heterocycles. The molecule has 1 atom stereocenters. The van der Waals surface area contributed by atoms with Gasteiger partial charge in [0.05, 0.1) is 18.9 Å². The maximum absolute atomic E-state index is 13.9. The van der Waals surface area contributed by atoms with E-state index in [9.17, 15) is 4.79 Å². The summed E-state index contributed by atoms with van der Waals surface area (Å²) in [6, 6.07) is 27.3. The highest BCUT2D eigenvalue weighted by Crippen LogP contribution is 2.24. The molecule has 0 spiro atoms. The SMILES string of the molecule is COc1ccccc1CN(CC1CCCO1)C(=O)c1nc(-c2ccccc2)n(-c2ccccc2)n1. The second-order valence-corrected chi connectivity index (χ2v) is 8.50. The average molecular weight is 469 g/mol. The Labute approximate surface area is 204 Å². The van der Waals surface area contributed by atoms with Gasteiger partial charge in [0.15, 0.2) is 5.82 Å². The number of amides is 1. The number of methoxy groups -OCH3 is 1. The van der Waals surface area contributed by atoms with Crippen LogP contribution >= 0.6 is 0 Å². The second kappa shape index (κ2) is 10.5. The van der Waals surface area contributed by atoms with Crippen LogP contribution in [0.15, 0.2) is 84.9 Å². The number of carbonyl (C=O) groups excluding carboxylic acids is 1. The minimum Gasteiger partial charge on any atom is -0.496 e. The van der Waals surface area contributed by atoms with Crippen molar-refractivity contribution >= 4 is 5.91 Å². The maximum atomic E-state index is 13.9. The molecular weight excluding hydrogens is 440 g/mol. The molecule has 3 aromatic carbocycles. The Balaban J connectivity index is 1.52. The van der Waals surface area contributed by atoms with E-state index < -0.39 is 0 Å². The van der Waals surface area contributed by atoms with Crippen molar-refractivity contribution in [3.8, 4) is 22.8 Å². The van der Waals surface area contributed by atoms with Crippen molar-refractivity contribution in [3.63, 3.8) is 0 Å². The van der Waals surface area contributed by atoms with Crippen LogP contribution in [0.4, 0.5) is 0 Å². The lowest BCUT2D eigenvalue weighted by Crippen LogP contribution is -2.37. The first kappa shape index (κ1) is 22.8. The van der Waals surface area contributed by atoms with Crippen LogP contribution in [-0.2, 0) is 11.3 Å². The third-order valence-electron chi connectivity index (χ3n) is 6.12. The number of aromatic nitrogens is 3. The van der Waals surface area contributed by atoms with Gasteiger partial charge in [0.2, 0.25) is 5.82 Å². The molecular formula is C28H28N4O3. The van der Waals surface area contributed by atoms with Gasteiger partial charge < -0.3 is 14.4 Å². The molecule has 0 N–H and O–H groups in total. The average Bonchev–Trinajstić information content (AvgIpc) is 3.60. The summed E-state index contributed by atoms with van der Waals surface area (Å²) in [7, 11) is 1.64. The van der Waals surface area contributed by atoms with Crippen LogP contribution in [-0.4, -0.2) is 51.9 Å². The number of nitrogens with zero attached hydrogens (tertiary/aromatic N) is 4. The van der Waals surface area contributed by atoms with E-state index in [1.54, 1.807) is 16.7 Å². The van der Waals surface area contributed by atoms with Crippen LogP contribution in [0.3, 0.4) is 0 Å². The van der Waals surface area contributed by atoms with E-state index in [0.717, 1.165) is 42.0 Å². The Morgan fingerprint density at radius 1 is 1.03 bits per heavy atom. The van der Waals surface area contributed by atoms with Gasteiger partial charge in [-0.3, -0.25) is 4.79 Å². The van der Waals surface area contributed by atoms with Crippen molar-refractivity contribution in [1.82, 2.24) is 19.7 Å². The molecule has 5 rings (SSSR count). The number of hydrogen-bond donors (Lipinski definition) is 0. The molecule has 1 aliphatic rings. The summed E-state index contributed by atoms with van der Waals surface area (Å²) in [5.74, 6) is 1.28. The fourth-order valence-electron chi connectivity index (χ4n) is 4.36. The third kappa shape index (κ3) is 5.10. The number of benzene rings is 3. The number of ether oxygens (including phenoxy) is 2. The Kier molecular flexibility index (Phi) is 6.86. The van der Waals surface area contributed by atoms with Crippen molar-refractivity contribution < 1.29 is 14.3 Å². The molecule has 4 aromatic rings. The van der Waals surface area contributed by atoms with Crippen molar-refractivity contribution in [2.24, 2.45) is 0 Å². The van der Waals surface area contributed by atoms with Crippen molar-refractivity contribution in [3.05, 3.63) is 96.3 Å². The third-order valence-corrected chi connectivity index (χ3v) is 6.12. The number of rotatable bonds is 8. The van der Waals surface area contributed by atoms with Crippen LogP contribution in [0, 0.1) is 0 Å². The van der Waals surface area contributed by atoms with E-state index >= 15 is 0 Å². The summed E-state index contributed by atoms with van der Waals surface area (Å²) in [5, 5.41) is 4.68. The summed E-state index contributed by atoms with van der Waals surface area (Å²) in [6.07, 6.45) is 1.93. The summed E-state index contributed by atoms with van der Waals surface area (Å²) in [4.78, 5) is 20.4. The molecule has 1 aliphatic heterocycles. The topological polar surface area (TPSA) is 69.5 Å². The molecule has 1 saturated heterocycles. The Bertz CT molecular complexity index is 1210. The highest BCUT2D eigenvalue weighted by molar-refractivity contribution is 5.91. The molecule has 1 aromatic heterocycles. The van der Waals surface area contributed by atoms with Gasteiger partial charge >= 0.3 is 0 Å². The monoisotopic (exact) mass is 468 g/mol. The fraction of sp³-hybridized carbons (Fsp3) is 0.250. The standard InChI is InChI=1S/C28H28N4O3/c1-34-25-17-9-8-13-22(25)19-31(20-24-16-10-18-35-24)28(33)26-29-27(21-11-4-2-5-12-21)32(30-26)23-14-6-3-7-15-23/h2-9,11-15,17,24H,10,16,18-20H2,1H3. The van der Waals surface area contributed by atoms with Crippen molar-refractivity contribution in [2.75, 3.05) is 20.3 Å². The predicted octanol–water partition coefficient (Wildman–Crippen LogP) is 4.76. The van der Waals surface area contributed by atoms with Crippen LogP contribution < -0.4 is 4.74 Å². The molecule has 178 valence electrons. The number of para-hydroxylation sites is 2. The second-order valence-electron chi connectivity index (χ2n) is 8.50. The Morgan fingerprint density at radius 3 is 2.46 bits per heavy atom. The lowest BCUT2D eigenvalue weighted by Gasteiger charge is -2.25. The van der Waals surface area contributed by atoms with Gasteiger partial charge in [-0.1, -0.05) is 66.7 Å². The highest BCUT2D eigenvalue weighted by Gasteiger charge is 2.28. The summed E-state index contributed by atoms with van der Waals surface area (Å²) >= 11 is 0. The van der Waals surface area contributed by atoms with Crippen LogP contribution in [0.1, 0.15) is 29.0 Å². The molecule has 0 saturated carbocycles. The van der Waals surface area contributed by atoms with Crippen molar-refractivity contribution in [2.45, 2.75) is 25.5 Å². The summed E-state index contributed by atoms with van der Waals surface area (Å²) in [6.45, 7) is 1.57. The first-order valence-electron chi connectivity index (χ1n) is 11.8. The molecule has 1 unspecified atom stereocenters. The Morgan fingerprint density at radius 2 is 1.74 bits per heavy atom. The quantitative estimate of drug-likeness (QED) is 0.373. The zero-order chi connectivity index (χ0) is 24.0. The normalized spacial score (nSPS) is 15.2. The highest BCUT2D eigenvalue weighted by atomic mass is 16.5. The van der Waals surface area contributed by atoms with Gasteiger partial charge in [0.1, 0.15) is 5.75 Å². The number of carbonyl (C=O) groups is 1. The summed E-state index contributed by atoms with van der Waals surface area (Å²) < 4.78 is 13.1. The summed E-state index contributed by atoms with van der Waals surface area (Å²) in [5.41, 5.74) is 2.65. The predicted molar refractivity (Wildman–Crippen MR) is 134 cm³/mol. The Hall–Kier alpha value is -3.97. The molecule has 1 fully saturated rings. The van der Waals surface area contributed by atoms with Gasteiger partial charge in [-0.25, -0.2) is 9.67 Å². The molecule has 35 heavy (non-hydrogen) atoms. The lowest BCUT2D eigenvalue weighted by molar-refractivity contribution is 0.0496. The first-order valence-corrected chi connectivity index (χ1v) is 11.8. The van der Waals surface area contributed by atoms with Crippen molar-refractivity contribution in [1.29, 1.82) is 0 Å². The maximum Gasteiger partial charge on any atom is 0.293 e. The zero-order valence-corrected chi connectivity index (χ0v) is 19.7. The van der Waals surface area contributed by atoms with Crippen LogP contribution in [0.25, 0.3) is 17.1 Å². The molecule has 0 radical (unpaired) electrons. The largest absolute Gasteiger partial charge is 0.496 e. The van der Waals surface area contributed by atoms with E-state index in [-0.39, 0.29) is 17.8 Å². The fourth-order valence-corrected chi connectivity index (χ4v) is 4.36. The van der Waals surface area contributed by atoms with E-state index in [1.165, 1.54) is 0 Å². The minimum atomic E-state index is -0.238. The van der Waals surface area contributed by atoms with E-state index in [2.05, 4.69) is 5.10 Å². The van der Waals surface area contributed by atoms with Gasteiger partial charge in [-0.15, -0.1) is 5.10 Å². The molecule has 0 aliphatic carbocycles. The van der Waals surface area contributed by atoms with E-state index in [1.807, 2.05) is 84.9 Å². The van der Waals surface area contributed by atoms with E-state index in [0.29, 0.717) is 18.9 Å². The van der Waals surface area contributed by atoms with E-state index in [4.69, 9.17) is 14.5 Å². The van der Waals surface area contributed by atoms with Gasteiger partial charge in [-0.05, 0) is 31.0 Å². The van der Waals surface area contributed by atoms with Crippen LogP contribution in [0.2, 0.25) is 0 Å². The molecule has 7 nitrogen and oxygen atoms in total. The number of hydrogen-bond acceptors (Lipinski definition) is 5. The van der Waals surface area contributed by atoms with Gasteiger partial charge in [0, 0.05) is 30.8 Å². The molecule has 0 bridgehead atoms. The minimum absolute atomic E-state index is 0.00143. The lowest BCUT2D eigenvalue weighted by atomic mass is 10.1. The molecule has 1 amide bonds. The smallest absolute Gasteiger partial charge is 0.293 e. The first-order chi connectivity index (χ1) is 17.2. The zero-order valence-electron chi connectivity index (χ0n) is 19.7. The van der Waals surface area contributed by atoms with Crippen LogP contribution in [0.5, 0.6) is 5.75 Å².